The number of hydrogen-bond acceptors (Lipinski definition) is 3. The van der Waals surface area contributed by atoms with Crippen molar-refractivity contribution in [3.63, 3.8) is 0 Å². The molecule has 1 unspecified atom stereocenters. The van der Waals surface area contributed by atoms with Crippen molar-refractivity contribution < 1.29 is 9.59 Å². The van der Waals surface area contributed by atoms with Crippen molar-refractivity contribution in [2.45, 2.75) is 12.5 Å². The lowest BCUT2D eigenvalue weighted by Gasteiger charge is -2.04. The van der Waals surface area contributed by atoms with E-state index < -0.39 is 0 Å². The van der Waals surface area contributed by atoms with E-state index in [1.165, 1.54) is 6.08 Å². The normalized spacial score (nSPS) is 24.7. The largest absolute Gasteiger partial charge is 0.343 e. The fraction of sp³-hybridized carbons (Fsp3) is 0.667. The molecule has 4 nitrogen and oxygen atoms in total. The van der Waals surface area contributed by atoms with E-state index in [2.05, 4.69) is 4.99 Å². The van der Waals surface area contributed by atoms with E-state index in [0.717, 1.165) is 0 Å². The molecule has 0 aromatic carbocycles. The number of isocyanates is 1. The van der Waals surface area contributed by atoms with Crippen LogP contribution < -0.4 is 0 Å². The van der Waals surface area contributed by atoms with Crippen LogP contribution in [-0.2, 0) is 9.59 Å². The van der Waals surface area contributed by atoms with E-state index in [4.69, 9.17) is 0 Å². The summed E-state index contributed by atoms with van der Waals surface area (Å²) in [6, 6.07) is -0.157. The third-order valence-corrected chi connectivity index (χ3v) is 1.56. The summed E-state index contributed by atoms with van der Waals surface area (Å²) in [5, 5.41) is 0. The molecule has 4 heteroatoms. The topological polar surface area (TPSA) is 49.7 Å². The second kappa shape index (κ2) is 2.62. The molecule has 1 saturated heterocycles. The van der Waals surface area contributed by atoms with Gasteiger partial charge in [-0.25, -0.2) is 9.79 Å². The molecule has 0 bridgehead atoms. The number of rotatable bonds is 1. The molecule has 0 aliphatic carbocycles. The number of likely N-dealkylation sites (tertiary alicyclic amines) is 1. The number of carbonyl (C=O) groups is 1. The van der Waals surface area contributed by atoms with Crippen LogP contribution in [0.15, 0.2) is 4.99 Å². The average Bonchev–Trinajstić information content (AvgIpc) is 2.14. The predicted molar refractivity (Wildman–Crippen MR) is 34.2 cm³/mol. The molecule has 10 heavy (non-hydrogen) atoms. The zero-order chi connectivity index (χ0) is 7.56. The van der Waals surface area contributed by atoms with E-state index in [-0.39, 0.29) is 11.9 Å². The van der Waals surface area contributed by atoms with Gasteiger partial charge in [-0.1, -0.05) is 0 Å². The van der Waals surface area contributed by atoms with Gasteiger partial charge in [-0.15, -0.1) is 0 Å². The van der Waals surface area contributed by atoms with Crippen LogP contribution in [-0.4, -0.2) is 36.5 Å². The molecule has 1 aliphatic heterocycles. The smallest absolute Gasteiger partial charge is 0.235 e. The first kappa shape index (κ1) is 6.96. The Morgan fingerprint density at radius 2 is 2.50 bits per heavy atom. The Kier molecular flexibility index (Phi) is 1.83. The second-order valence-electron chi connectivity index (χ2n) is 2.35. The van der Waals surface area contributed by atoms with Gasteiger partial charge in [0.05, 0.1) is 12.5 Å². The van der Waals surface area contributed by atoms with Crippen LogP contribution in [0, 0.1) is 0 Å². The molecule has 54 valence electrons. The van der Waals surface area contributed by atoms with Crippen molar-refractivity contribution in [3.8, 4) is 0 Å². The Morgan fingerprint density at radius 1 is 1.80 bits per heavy atom. The van der Waals surface area contributed by atoms with Gasteiger partial charge < -0.3 is 4.90 Å². The molecule has 0 saturated carbocycles. The van der Waals surface area contributed by atoms with Gasteiger partial charge in [0.15, 0.2) is 0 Å². The molecule has 0 aromatic heterocycles. The number of hydrogen-bond donors (Lipinski definition) is 0. The summed E-state index contributed by atoms with van der Waals surface area (Å²) in [4.78, 5) is 25.6. The molecule has 0 N–H and O–H groups in total. The quantitative estimate of drug-likeness (QED) is 0.366. The van der Waals surface area contributed by atoms with Crippen LogP contribution in [0.3, 0.4) is 0 Å². The number of likely N-dealkylation sites (N-methyl/N-ethyl adjacent to an activating group) is 1. The van der Waals surface area contributed by atoms with Crippen molar-refractivity contribution in [1.82, 2.24) is 4.90 Å². The van der Waals surface area contributed by atoms with Gasteiger partial charge in [0, 0.05) is 13.6 Å². The van der Waals surface area contributed by atoms with Crippen LogP contribution in [0.5, 0.6) is 0 Å². The first-order chi connectivity index (χ1) is 4.74. The zero-order valence-corrected chi connectivity index (χ0v) is 5.70. The number of carbonyl (C=O) groups excluding carboxylic acids is 2. The van der Waals surface area contributed by atoms with Crippen molar-refractivity contribution in [3.05, 3.63) is 0 Å². The number of nitrogens with zero attached hydrogens (tertiary/aromatic N) is 2. The lowest BCUT2D eigenvalue weighted by Crippen LogP contribution is -2.19. The number of aliphatic imine (C=N–C) groups is 1. The van der Waals surface area contributed by atoms with Crippen molar-refractivity contribution in [2.75, 3.05) is 13.6 Å². The maximum Gasteiger partial charge on any atom is 0.235 e. The fourth-order valence-corrected chi connectivity index (χ4v) is 1.00. The minimum absolute atomic E-state index is 0.0454. The Bertz CT molecular complexity index is 196. The molecule has 0 aromatic rings. The van der Waals surface area contributed by atoms with E-state index in [0.29, 0.717) is 13.0 Å². The van der Waals surface area contributed by atoms with Crippen LogP contribution >= 0.6 is 0 Å². The van der Waals surface area contributed by atoms with E-state index in [1.807, 2.05) is 0 Å². The van der Waals surface area contributed by atoms with E-state index in [1.54, 1.807) is 11.9 Å². The first-order valence-corrected chi connectivity index (χ1v) is 3.05. The number of amides is 1. The Balaban J connectivity index is 2.57. The molecule has 1 atom stereocenters. The summed E-state index contributed by atoms with van der Waals surface area (Å²) in [5.74, 6) is 0.0454. The molecule has 1 rings (SSSR count). The fourth-order valence-electron chi connectivity index (χ4n) is 1.00. The van der Waals surface area contributed by atoms with Gasteiger partial charge in [-0.05, 0) is 0 Å². The third-order valence-electron chi connectivity index (χ3n) is 1.56. The van der Waals surface area contributed by atoms with Crippen LogP contribution in [0.1, 0.15) is 6.42 Å². The summed E-state index contributed by atoms with van der Waals surface area (Å²) in [7, 11) is 1.70. The van der Waals surface area contributed by atoms with Crippen molar-refractivity contribution in [2.24, 2.45) is 4.99 Å². The molecule has 1 heterocycles. The standard InChI is InChI=1S/C6H8N2O2/c1-8-3-5(7-4-9)2-6(8)10/h5H,2-3H2,1H3. The summed E-state index contributed by atoms with van der Waals surface area (Å²) in [6.07, 6.45) is 1.80. The molecule has 0 spiro atoms. The van der Waals surface area contributed by atoms with E-state index in [9.17, 15) is 9.59 Å². The van der Waals surface area contributed by atoms with E-state index >= 15 is 0 Å². The van der Waals surface area contributed by atoms with Crippen LogP contribution in [0.2, 0.25) is 0 Å². The molecule has 1 fully saturated rings. The summed E-state index contributed by atoms with van der Waals surface area (Å²) in [6.45, 7) is 0.550. The molecule has 1 aliphatic rings. The highest BCUT2D eigenvalue weighted by molar-refractivity contribution is 5.79. The maximum absolute atomic E-state index is 10.8. The second-order valence-corrected chi connectivity index (χ2v) is 2.35. The predicted octanol–water partition coefficient (Wildman–Crippen LogP) is -0.447. The highest BCUT2D eigenvalue weighted by atomic mass is 16.2. The van der Waals surface area contributed by atoms with Crippen molar-refractivity contribution in [1.29, 1.82) is 0 Å². The minimum Gasteiger partial charge on any atom is -0.343 e. The van der Waals surface area contributed by atoms with Gasteiger partial charge in [0.25, 0.3) is 0 Å². The lowest BCUT2D eigenvalue weighted by atomic mass is 10.3. The van der Waals surface area contributed by atoms with Crippen molar-refractivity contribution >= 4 is 12.0 Å². The SMILES string of the molecule is CN1CC(N=C=O)CC1=O. The van der Waals surface area contributed by atoms with Gasteiger partial charge in [-0.3, -0.25) is 4.79 Å². The molecular weight excluding hydrogens is 132 g/mol. The highest BCUT2D eigenvalue weighted by Gasteiger charge is 2.25. The molecular formula is C6H8N2O2. The lowest BCUT2D eigenvalue weighted by molar-refractivity contribution is -0.126. The van der Waals surface area contributed by atoms with Crippen LogP contribution in [0.4, 0.5) is 0 Å². The maximum atomic E-state index is 10.8. The van der Waals surface area contributed by atoms with Gasteiger partial charge in [0.2, 0.25) is 12.0 Å². The molecule has 1 amide bonds. The Morgan fingerprint density at radius 3 is 2.90 bits per heavy atom. The summed E-state index contributed by atoms with van der Waals surface area (Å²) < 4.78 is 0. The zero-order valence-electron chi connectivity index (χ0n) is 5.70. The average molecular weight is 140 g/mol. The highest BCUT2D eigenvalue weighted by Crippen LogP contribution is 2.10. The van der Waals surface area contributed by atoms with Gasteiger partial charge in [-0.2, -0.15) is 0 Å². The van der Waals surface area contributed by atoms with Gasteiger partial charge >= 0.3 is 0 Å². The van der Waals surface area contributed by atoms with Crippen LogP contribution in [0.25, 0.3) is 0 Å². The Hall–Kier alpha value is -1.15. The van der Waals surface area contributed by atoms with Gasteiger partial charge in [0.1, 0.15) is 0 Å². The molecule has 0 radical (unpaired) electrons. The minimum atomic E-state index is -0.157. The third kappa shape index (κ3) is 1.22. The summed E-state index contributed by atoms with van der Waals surface area (Å²) >= 11 is 0. The summed E-state index contributed by atoms with van der Waals surface area (Å²) in [5.41, 5.74) is 0. The monoisotopic (exact) mass is 140 g/mol. The Labute approximate surface area is 58.5 Å². The first-order valence-electron chi connectivity index (χ1n) is 3.05.